The molecular weight excluding hydrogens is 485 g/mol. The Morgan fingerprint density at radius 3 is 2.41 bits per heavy atom. The van der Waals surface area contributed by atoms with Gasteiger partial charge in [-0.1, -0.05) is 12.1 Å². The summed E-state index contributed by atoms with van der Waals surface area (Å²) in [5.74, 6) is 0.690. The number of nitrogens with two attached hydrogens (primary N) is 1. The second-order valence-corrected chi connectivity index (χ2v) is 10.0. The van der Waals surface area contributed by atoms with Gasteiger partial charge in [-0.3, -0.25) is 9.69 Å². The molecule has 0 radical (unpaired) electrons. The third kappa shape index (κ3) is 5.57. The minimum Gasteiger partial charge on any atom is -0.394 e. The van der Waals surface area contributed by atoms with Gasteiger partial charge in [-0.25, -0.2) is 9.97 Å². The largest absolute Gasteiger partial charge is 0.416 e. The molecule has 3 aromatic rings. The third-order valence-corrected chi connectivity index (χ3v) is 7.48. The van der Waals surface area contributed by atoms with E-state index in [2.05, 4.69) is 19.4 Å². The van der Waals surface area contributed by atoms with Crippen molar-refractivity contribution in [3.63, 3.8) is 0 Å². The lowest BCUT2D eigenvalue weighted by Crippen LogP contribution is -2.50. The highest BCUT2D eigenvalue weighted by Crippen LogP contribution is 2.36. The molecular formula is C26H31F3N6O2. The fourth-order valence-electron chi connectivity index (χ4n) is 5.24. The van der Waals surface area contributed by atoms with E-state index in [1.165, 1.54) is 12.1 Å². The number of nitrogens with zero attached hydrogens (tertiary/aromatic N) is 5. The van der Waals surface area contributed by atoms with E-state index in [0.717, 1.165) is 66.8 Å². The highest BCUT2D eigenvalue weighted by atomic mass is 19.4. The number of primary amides is 1. The van der Waals surface area contributed by atoms with Crippen molar-refractivity contribution in [2.45, 2.75) is 57.0 Å². The van der Waals surface area contributed by atoms with Crippen LogP contribution in [0.5, 0.6) is 0 Å². The lowest BCUT2D eigenvalue weighted by molar-refractivity contribution is -0.137. The number of halogens is 3. The number of hydrogen-bond acceptors (Lipinski definition) is 6. The average Bonchev–Trinajstić information content (AvgIpc) is 3.64. The zero-order valence-electron chi connectivity index (χ0n) is 20.4. The van der Waals surface area contributed by atoms with Crippen molar-refractivity contribution >= 4 is 22.8 Å². The van der Waals surface area contributed by atoms with Crippen LogP contribution in [0.25, 0.3) is 11.0 Å². The van der Waals surface area contributed by atoms with Crippen LogP contribution in [0, 0.1) is 5.92 Å². The monoisotopic (exact) mass is 516 g/mol. The van der Waals surface area contributed by atoms with Crippen LogP contribution in [-0.4, -0.2) is 62.2 Å². The molecule has 5 rings (SSSR count). The Hall–Kier alpha value is -3.18. The molecule has 1 saturated carbocycles. The van der Waals surface area contributed by atoms with Gasteiger partial charge in [0.25, 0.3) is 0 Å². The molecule has 8 nitrogen and oxygen atoms in total. The van der Waals surface area contributed by atoms with Crippen molar-refractivity contribution in [2.75, 3.05) is 24.6 Å². The molecule has 37 heavy (non-hydrogen) atoms. The average molecular weight is 517 g/mol. The van der Waals surface area contributed by atoms with Crippen LogP contribution in [0.1, 0.15) is 36.8 Å². The highest BCUT2D eigenvalue weighted by molar-refractivity contribution is 5.88. The first-order chi connectivity index (χ1) is 17.7. The molecule has 11 heteroatoms. The van der Waals surface area contributed by atoms with Crippen LogP contribution >= 0.6 is 0 Å². The number of hydrogen-bond donors (Lipinski definition) is 2. The minimum absolute atomic E-state index is 0.272. The summed E-state index contributed by atoms with van der Waals surface area (Å²) in [5, 5.41) is 10.4. The Bertz CT molecular complexity index is 1230. The molecule has 3 heterocycles. The van der Waals surface area contributed by atoms with Crippen molar-refractivity contribution in [1.82, 2.24) is 19.4 Å². The zero-order valence-corrected chi connectivity index (χ0v) is 20.4. The molecule has 2 aliphatic rings. The van der Waals surface area contributed by atoms with E-state index in [1.54, 1.807) is 6.33 Å². The van der Waals surface area contributed by atoms with Crippen LogP contribution in [-0.2, 0) is 24.1 Å². The van der Waals surface area contributed by atoms with Crippen molar-refractivity contribution < 1.29 is 23.1 Å². The smallest absolute Gasteiger partial charge is 0.394 e. The normalized spacial score (nSPS) is 18.3. The van der Waals surface area contributed by atoms with E-state index >= 15 is 0 Å². The van der Waals surface area contributed by atoms with E-state index in [4.69, 9.17) is 5.73 Å². The van der Waals surface area contributed by atoms with Crippen LogP contribution in [0.2, 0.25) is 0 Å². The number of carbonyl (C=O) groups is 1. The second kappa shape index (κ2) is 10.3. The number of piperidine rings is 1. The van der Waals surface area contributed by atoms with E-state index in [0.29, 0.717) is 31.6 Å². The predicted molar refractivity (Wildman–Crippen MR) is 133 cm³/mol. The van der Waals surface area contributed by atoms with Gasteiger partial charge >= 0.3 is 6.18 Å². The first-order valence-corrected chi connectivity index (χ1v) is 12.6. The van der Waals surface area contributed by atoms with E-state index < -0.39 is 23.7 Å². The number of carbonyl (C=O) groups excluding carboxylic acids is 1. The number of aliphatic hydroxyl groups is 1. The maximum absolute atomic E-state index is 13.0. The van der Waals surface area contributed by atoms with Crippen molar-refractivity contribution in [3.05, 3.63) is 54.0 Å². The fraction of sp³-hybridized carbons (Fsp3) is 0.500. The van der Waals surface area contributed by atoms with Gasteiger partial charge in [0.15, 0.2) is 0 Å². The number of amides is 1. The molecule has 0 spiro atoms. The molecule has 2 fully saturated rings. The van der Waals surface area contributed by atoms with E-state index in [9.17, 15) is 23.1 Å². The lowest BCUT2D eigenvalue weighted by Gasteiger charge is -2.35. The quantitative estimate of drug-likeness (QED) is 0.453. The molecule has 198 valence electrons. The molecule has 2 aromatic heterocycles. The number of aliphatic hydroxyl groups excluding tert-OH is 1. The van der Waals surface area contributed by atoms with Crippen LogP contribution in [0.3, 0.4) is 0 Å². The molecule has 0 bridgehead atoms. The molecule has 1 unspecified atom stereocenters. The van der Waals surface area contributed by atoms with Gasteiger partial charge in [0.1, 0.15) is 23.8 Å². The standard InChI is InChI=1S/C26H31F3N6O2/c27-26(28,29)19-3-1-17(2-4-19)14-35(20-5-6-20)25-21-9-12-34(24(21)31-16-32-25)13-18-7-10-33(11-8-18)22(15-36)23(30)37/h1-4,9,12,16,18,20,22,36H,5-8,10-11,13-15H2,(H2,30,37). The summed E-state index contributed by atoms with van der Waals surface area (Å²) in [7, 11) is 0. The van der Waals surface area contributed by atoms with Crippen molar-refractivity contribution in [3.8, 4) is 0 Å². The summed E-state index contributed by atoms with van der Waals surface area (Å²) in [5.41, 5.74) is 6.39. The minimum atomic E-state index is -4.35. The van der Waals surface area contributed by atoms with Gasteiger partial charge in [0.05, 0.1) is 17.6 Å². The Balaban J connectivity index is 1.31. The van der Waals surface area contributed by atoms with Gasteiger partial charge in [-0.2, -0.15) is 13.2 Å². The topological polar surface area (TPSA) is 101 Å². The number of benzene rings is 1. The molecule has 3 N–H and O–H groups in total. The third-order valence-electron chi connectivity index (χ3n) is 7.48. The number of rotatable bonds is 9. The number of aromatic nitrogens is 3. The zero-order chi connectivity index (χ0) is 26.2. The van der Waals surface area contributed by atoms with E-state index in [-0.39, 0.29) is 6.61 Å². The van der Waals surface area contributed by atoms with Gasteiger partial charge in [-0.05, 0) is 68.5 Å². The molecule has 1 atom stereocenters. The Kier molecular flexibility index (Phi) is 7.09. The van der Waals surface area contributed by atoms with Crippen molar-refractivity contribution in [2.24, 2.45) is 11.7 Å². The second-order valence-electron chi connectivity index (χ2n) is 10.0. The number of alkyl halides is 3. The summed E-state index contributed by atoms with van der Waals surface area (Å²) < 4.78 is 41.0. The summed E-state index contributed by atoms with van der Waals surface area (Å²) in [6, 6.07) is 7.01. The van der Waals surface area contributed by atoms with Gasteiger partial charge in [0, 0.05) is 25.3 Å². The summed E-state index contributed by atoms with van der Waals surface area (Å²) in [6.07, 6.45) is 3.01. The number of fused-ring (bicyclic) bond motifs is 1. The lowest BCUT2D eigenvalue weighted by atomic mass is 9.95. The van der Waals surface area contributed by atoms with Crippen LogP contribution in [0.15, 0.2) is 42.9 Å². The molecule has 1 aliphatic carbocycles. The maximum Gasteiger partial charge on any atom is 0.416 e. The maximum atomic E-state index is 13.0. The number of anilines is 1. The first-order valence-electron chi connectivity index (χ1n) is 12.6. The van der Waals surface area contributed by atoms with Crippen molar-refractivity contribution in [1.29, 1.82) is 0 Å². The Labute approximate surface area is 212 Å². The highest BCUT2D eigenvalue weighted by Gasteiger charge is 2.33. The summed E-state index contributed by atoms with van der Waals surface area (Å²) in [6.45, 7) is 2.37. The molecule has 1 aliphatic heterocycles. The predicted octanol–water partition coefficient (Wildman–Crippen LogP) is 3.18. The number of likely N-dealkylation sites (tertiary alicyclic amines) is 1. The Morgan fingerprint density at radius 1 is 1.11 bits per heavy atom. The van der Waals surface area contributed by atoms with Crippen LogP contribution in [0.4, 0.5) is 19.0 Å². The Morgan fingerprint density at radius 2 is 1.81 bits per heavy atom. The SMILES string of the molecule is NC(=O)C(CO)N1CCC(Cn2ccc3c(N(Cc4ccc(C(F)(F)F)cc4)C4CC4)ncnc32)CC1. The summed E-state index contributed by atoms with van der Waals surface area (Å²) in [4.78, 5) is 24.8. The fourth-order valence-corrected chi connectivity index (χ4v) is 5.24. The summed E-state index contributed by atoms with van der Waals surface area (Å²) >= 11 is 0. The molecule has 1 aromatic carbocycles. The van der Waals surface area contributed by atoms with Gasteiger partial charge in [0.2, 0.25) is 5.91 Å². The van der Waals surface area contributed by atoms with E-state index in [1.807, 2.05) is 17.2 Å². The first kappa shape index (κ1) is 25.5. The van der Waals surface area contributed by atoms with Gasteiger partial charge < -0.3 is 20.3 Å². The van der Waals surface area contributed by atoms with Crippen LogP contribution < -0.4 is 10.6 Å². The van der Waals surface area contributed by atoms with Gasteiger partial charge in [-0.15, -0.1) is 0 Å². The molecule has 1 saturated heterocycles. The molecule has 1 amide bonds.